The lowest BCUT2D eigenvalue weighted by atomic mass is 10.2. The highest BCUT2D eigenvalue weighted by atomic mass is 35.5. The van der Waals surface area contributed by atoms with Crippen molar-refractivity contribution in [2.75, 3.05) is 26.2 Å². The lowest BCUT2D eigenvalue weighted by Crippen LogP contribution is -2.50. The lowest BCUT2D eigenvalue weighted by molar-refractivity contribution is -0.141. The molecule has 0 atom stereocenters. The normalized spacial score (nSPS) is 16.4. The zero-order valence-electron chi connectivity index (χ0n) is 15.7. The van der Waals surface area contributed by atoms with Gasteiger partial charge in [0.25, 0.3) is 5.91 Å². The molecule has 0 N–H and O–H groups in total. The lowest BCUT2D eigenvalue weighted by Gasteiger charge is -2.33. The van der Waals surface area contributed by atoms with E-state index in [4.69, 9.17) is 11.6 Å². The number of hydrogen-bond acceptors (Lipinski definition) is 5. The van der Waals surface area contributed by atoms with Gasteiger partial charge in [0.15, 0.2) is 5.69 Å². The van der Waals surface area contributed by atoms with Crippen LogP contribution in [0.25, 0.3) is 0 Å². The SMILES string of the molecule is Cc1c(S(=O)(=O)N2CCN(C(=O)c3c(Cl)c(C(F)(F)F)nn3C)CC2)cnn1C. The van der Waals surface area contributed by atoms with E-state index in [-0.39, 0.29) is 31.1 Å². The molecule has 0 saturated carbocycles. The molecule has 0 bridgehead atoms. The van der Waals surface area contributed by atoms with Gasteiger partial charge in [-0.3, -0.25) is 14.2 Å². The zero-order valence-corrected chi connectivity index (χ0v) is 17.3. The van der Waals surface area contributed by atoms with Gasteiger partial charge >= 0.3 is 6.18 Å². The fourth-order valence-corrected chi connectivity index (χ4v) is 5.02. The summed E-state index contributed by atoms with van der Waals surface area (Å²) in [6.45, 7) is 1.61. The Morgan fingerprint density at radius 1 is 1.14 bits per heavy atom. The van der Waals surface area contributed by atoms with Crippen LogP contribution < -0.4 is 0 Å². The van der Waals surface area contributed by atoms with Crippen LogP contribution in [0.2, 0.25) is 5.02 Å². The van der Waals surface area contributed by atoms with Crippen molar-refractivity contribution in [2.24, 2.45) is 14.1 Å². The monoisotopic (exact) mass is 454 g/mol. The molecule has 29 heavy (non-hydrogen) atoms. The van der Waals surface area contributed by atoms with E-state index < -0.39 is 38.5 Å². The van der Waals surface area contributed by atoms with Crippen LogP contribution in [-0.2, 0) is 30.3 Å². The number of piperazine rings is 1. The van der Waals surface area contributed by atoms with E-state index in [1.54, 1.807) is 14.0 Å². The zero-order chi connectivity index (χ0) is 21.7. The summed E-state index contributed by atoms with van der Waals surface area (Å²) in [6.07, 6.45) is -3.53. The summed E-state index contributed by atoms with van der Waals surface area (Å²) in [4.78, 5) is 14.0. The molecular weight excluding hydrogens is 437 g/mol. The number of aromatic nitrogens is 4. The second kappa shape index (κ2) is 7.29. The predicted octanol–water partition coefficient (Wildman–Crippen LogP) is 1.28. The molecule has 1 amide bonds. The van der Waals surface area contributed by atoms with E-state index in [1.807, 2.05) is 0 Å². The van der Waals surface area contributed by atoms with Crippen LogP contribution in [0.4, 0.5) is 13.2 Å². The molecule has 14 heteroatoms. The standard InChI is InChI=1S/C15H18ClF3N6O3S/c1-9-10(8-20-22(9)2)29(27,28)25-6-4-24(5-7-25)14(26)12-11(16)13(15(17,18)19)21-23(12)3/h8H,4-7H2,1-3H3. The second-order valence-electron chi connectivity index (χ2n) is 6.55. The summed E-state index contributed by atoms with van der Waals surface area (Å²) in [5, 5.41) is 6.46. The molecule has 1 saturated heterocycles. The molecule has 9 nitrogen and oxygen atoms in total. The van der Waals surface area contributed by atoms with Gasteiger partial charge in [-0.2, -0.15) is 27.7 Å². The first kappa shape index (κ1) is 21.6. The van der Waals surface area contributed by atoms with Crippen molar-refractivity contribution in [3.05, 3.63) is 28.3 Å². The molecule has 160 valence electrons. The minimum Gasteiger partial charge on any atom is -0.335 e. The second-order valence-corrected chi connectivity index (χ2v) is 8.83. The molecule has 3 heterocycles. The first-order chi connectivity index (χ1) is 13.4. The fourth-order valence-electron chi connectivity index (χ4n) is 3.06. The van der Waals surface area contributed by atoms with E-state index in [2.05, 4.69) is 10.2 Å². The average Bonchev–Trinajstić information content (AvgIpc) is 3.13. The summed E-state index contributed by atoms with van der Waals surface area (Å²) < 4.78 is 67.9. The summed E-state index contributed by atoms with van der Waals surface area (Å²) in [5.41, 5.74) is -1.25. The molecular formula is C15H18ClF3N6O3S. The number of aryl methyl sites for hydroxylation is 2. The Morgan fingerprint density at radius 3 is 2.17 bits per heavy atom. The van der Waals surface area contributed by atoms with Gasteiger partial charge in [0.2, 0.25) is 10.0 Å². The van der Waals surface area contributed by atoms with E-state index in [0.717, 1.165) is 4.68 Å². The topological polar surface area (TPSA) is 93.3 Å². The van der Waals surface area contributed by atoms with Crippen LogP contribution in [0.1, 0.15) is 21.9 Å². The van der Waals surface area contributed by atoms with Gasteiger partial charge in [-0.05, 0) is 6.92 Å². The molecule has 0 radical (unpaired) electrons. The molecule has 0 spiro atoms. The number of hydrogen-bond donors (Lipinski definition) is 0. The van der Waals surface area contributed by atoms with E-state index in [9.17, 15) is 26.4 Å². The largest absolute Gasteiger partial charge is 0.436 e. The Morgan fingerprint density at radius 2 is 1.72 bits per heavy atom. The van der Waals surface area contributed by atoms with Crippen LogP contribution in [-0.4, -0.2) is 69.3 Å². The smallest absolute Gasteiger partial charge is 0.335 e. The van der Waals surface area contributed by atoms with Gasteiger partial charge in [0.05, 0.1) is 11.9 Å². The van der Waals surface area contributed by atoms with Crippen LogP contribution >= 0.6 is 11.6 Å². The van der Waals surface area contributed by atoms with Crippen molar-refractivity contribution < 1.29 is 26.4 Å². The number of amides is 1. The number of carbonyl (C=O) groups excluding carboxylic acids is 1. The Kier molecular flexibility index (Phi) is 5.43. The molecule has 3 rings (SSSR count). The first-order valence-electron chi connectivity index (χ1n) is 8.43. The number of halogens is 4. The van der Waals surface area contributed by atoms with Crippen molar-refractivity contribution >= 4 is 27.5 Å². The van der Waals surface area contributed by atoms with Gasteiger partial charge in [0, 0.05) is 40.3 Å². The minimum absolute atomic E-state index is 0.000231. The van der Waals surface area contributed by atoms with Gasteiger partial charge < -0.3 is 4.90 Å². The van der Waals surface area contributed by atoms with E-state index in [0.29, 0.717) is 5.69 Å². The molecule has 2 aromatic rings. The quantitative estimate of drug-likeness (QED) is 0.696. The van der Waals surface area contributed by atoms with Gasteiger partial charge in [-0.1, -0.05) is 11.6 Å². The first-order valence-corrected chi connectivity index (χ1v) is 10.2. The Labute approximate surface area is 169 Å². The third-order valence-corrected chi connectivity index (χ3v) is 7.15. The number of alkyl halides is 3. The third-order valence-electron chi connectivity index (χ3n) is 4.79. The Balaban J connectivity index is 1.77. The molecule has 0 unspecified atom stereocenters. The van der Waals surface area contributed by atoms with Crippen LogP contribution in [0, 0.1) is 6.92 Å². The summed E-state index contributed by atoms with van der Waals surface area (Å²) in [5.74, 6) is -0.741. The number of rotatable bonds is 3. The van der Waals surface area contributed by atoms with Crippen molar-refractivity contribution in [1.29, 1.82) is 0 Å². The van der Waals surface area contributed by atoms with Crippen molar-refractivity contribution in [1.82, 2.24) is 28.8 Å². The molecule has 0 aliphatic carbocycles. The Bertz CT molecular complexity index is 1050. The predicted molar refractivity (Wildman–Crippen MR) is 95.8 cm³/mol. The molecule has 1 aliphatic rings. The number of nitrogens with zero attached hydrogens (tertiary/aromatic N) is 6. The maximum Gasteiger partial charge on any atom is 0.436 e. The van der Waals surface area contributed by atoms with Crippen molar-refractivity contribution in [2.45, 2.75) is 18.0 Å². The average molecular weight is 455 g/mol. The minimum atomic E-state index is -4.79. The summed E-state index contributed by atoms with van der Waals surface area (Å²) in [6, 6.07) is 0. The van der Waals surface area contributed by atoms with Crippen LogP contribution in [0.3, 0.4) is 0 Å². The van der Waals surface area contributed by atoms with E-state index >= 15 is 0 Å². The number of carbonyl (C=O) groups is 1. The van der Waals surface area contributed by atoms with Crippen LogP contribution in [0.15, 0.2) is 11.1 Å². The van der Waals surface area contributed by atoms with Gasteiger partial charge in [-0.15, -0.1) is 0 Å². The fraction of sp³-hybridized carbons (Fsp3) is 0.533. The molecule has 1 aliphatic heterocycles. The highest BCUT2D eigenvalue weighted by molar-refractivity contribution is 7.89. The van der Waals surface area contributed by atoms with Gasteiger partial charge in [0.1, 0.15) is 15.6 Å². The maximum atomic E-state index is 13.0. The highest BCUT2D eigenvalue weighted by Crippen LogP contribution is 2.35. The summed E-state index contributed by atoms with van der Waals surface area (Å²) in [7, 11) is -0.980. The van der Waals surface area contributed by atoms with E-state index in [1.165, 1.54) is 27.1 Å². The van der Waals surface area contributed by atoms with Crippen LogP contribution in [0.5, 0.6) is 0 Å². The number of sulfonamides is 1. The summed E-state index contributed by atoms with van der Waals surface area (Å²) >= 11 is 5.76. The molecule has 1 fully saturated rings. The molecule has 0 aromatic carbocycles. The third kappa shape index (κ3) is 3.73. The van der Waals surface area contributed by atoms with Crippen molar-refractivity contribution in [3.63, 3.8) is 0 Å². The highest BCUT2D eigenvalue weighted by Gasteiger charge is 2.41. The maximum absolute atomic E-state index is 13.0. The van der Waals surface area contributed by atoms with Crippen molar-refractivity contribution in [3.8, 4) is 0 Å². The Hall–Kier alpha value is -2.12. The molecule has 2 aromatic heterocycles. The van der Waals surface area contributed by atoms with Gasteiger partial charge in [-0.25, -0.2) is 8.42 Å².